The molecule has 0 atom stereocenters. The summed E-state index contributed by atoms with van der Waals surface area (Å²) in [5.74, 6) is -0.735. The molecular weight excluding hydrogens is 338 g/mol. The van der Waals surface area contributed by atoms with Crippen LogP contribution < -0.4 is 5.32 Å². The van der Waals surface area contributed by atoms with E-state index in [1.807, 2.05) is 18.2 Å². The summed E-state index contributed by atoms with van der Waals surface area (Å²) >= 11 is 1.28. The molecular formula is C18H15N3O3S. The van der Waals surface area contributed by atoms with E-state index in [9.17, 15) is 9.59 Å². The van der Waals surface area contributed by atoms with Gasteiger partial charge in [-0.15, -0.1) is 11.3 Å². The lowest BCUT2D eigenvalue weighted by atomic mass is 10.2. The highest BCUT2D eigenvalue weighted by atomic mass is 32.1. The number of esters is 1. The van der Waals surface area contributed by atoms with Gasteiger partial charge in [0.15, 0.2) is 0 Å². The summed E-state index contributed by atoms with van der Waals surface area (Å²) in [6, 6.07) is 12.1. The quantitative estimate of drug-likeness (QED) is 0.726. The Kier molecular flexibility index (Phi) is 4.85. The number of rotatable bonds is 4. The van der Waals surface area contributed by atoms with E-state index < -0.39 is 5.97 Å². The molecule has 3 rings (SSSR count). The zero-order valence-corrected chi connectivity index (χ0v) is 14.5. The third-order valence-electron chi connectivity index (χ3n) is 3.43. The van der Waals surface area contributed by atoms with Crippen molar-refractivity contribution in [1.29, 1.82) is 0 Å². The highest BCUT2D eigenvalue weighted by molar-refractivity contribution is 7.17. The largest absolute Gasteiger partial charge is 0.465 e. The van der Waals surface area contributed by atoms with Crippen molar-refractivity contribution in [2.45, 2.75) is 6.92 Å². The molecule has 1 amide bonds. The first kappa shape index (κ1) is 16.8. The molecule has 2 heterocycles. The average molecular weight is 353 g/mol. The number of benzene rings is 1. The fraction of sp³-hybridized carbons (Fsp3) is 0.111. The number of hydrogen-bond donors (Lipinski definition) is 1. The first-order valence-electron chi connectivity index (χ1n) is 7.47. The van der Waals surface area contributed by atoms with Gasteiger partial charge in [-0.3, -0.25) is 9.78 Å². The fourth-order valence-electron chi connectivity index (χ4n) is 2.24. The molecule has 1 aromatic carbocycles. The van der Waals surface area contributed by atoms with E-state index in [2.05, 4.69) is 20.0 Å². The van der Waals surface area contributed by atoms with Crippen LogP contribution in [0.3, 0.4) is 0 Å². The highest BCUT2D eigenvalue weighted by Crippen LogP contribution is 2.27. The van der Waals surface area contributed by atoms with E-state index >= 15 is 0 Å². The Hall–Kier alpha value is -3.06. The smallest absolute Gasteiger partial charge is 0.337 e. The van der Waals surface area contributed by atoms with Gasteiger partial charge in [-0.2, -0.15) is 0 Å². The lowest BCUT2D eigenvalue weighted by molar-refractivity contribution is 0.0600. The minimum atomic E-state index is -0.456. The van der Waals surface area contributed by atoms with Gasteiger partial charge in [-0.25, -0.2) is 9.78 Å². The van der Waals surface area contributed by atoms with Gasteiger partial charge in [0.1, 0.15) is 9.88 Å². The van der Waals surface area contributed by atoms with Crippen LogP contribution in [0.4, 0.5) is 5.69 Å². The van der Waals surface area contributed by atoms with Crippen molar-refractivity contribution in [1.82, 2.24) is 9.97 Å². The summed E-state index contributed by atoms with van der Waals surface area (Å²) in [5.41, 5.74) is 2.24. The maximum atomic E-state index is 12.6. The second kappa shape index (κ2) is 7.23. The molecule has 0 aliphatic rings. The fourth-order valence-corrected chi connectivity index (χ4v) is 3.17. The lowest BCUT2D eigenvalue weighted by Gasteiger charge is -2.06. The molecule has 0 spiro atoms. The summed E-state index contributed by atoms with van der Waals surface area (Å²) in [6.45, 7) is 1.78. The number of carbonyl (C=O) groups excluding carboxylic acids is 2. The van der Waals surface area contributed by atoms with Crippen LogP contribution in [-0.4, -0.2) is 29.0 Å². The zero-order chi connectivity index (χ0) is 17.8. The molecule has 0 saturated carbocycles. The van der Waals surface area contributed by atoms with E-state index in [0.29, 0.717) is 26.8 Å². The Balaban J connectivity index is 1.83. The minimum absolute atomic E-state index is 0.279. The number of ether oxygens (including phenoxy) is 1. The van der Waals surface area contributed by atoms with Crippen LogP contribution in [-0.2, 0) is 4.74 Å². The third-order valence-corrected chi connectivity index (χ3v) is 4.61. The molecule has 0 unspecified atom stereocenters. The molecule has 0 bridgehead atoms. The van der Waals surface area contributed by atoms with Crippen molar-refractivity contribution in [3.05, 3.63) is 64.8 Å². The topological polar surface area (TPSA) is 81.2 Å². The molecule has 0 saturated heterocycles. The standard InChI is InChI=1S/C18H15N3O3S/c1-11-15(25-17(20-11)14-8-3-4-9-19-14)16(22)21-13-7-5-6-12(10-13)18(23)24-2/h3-10H,1-2H3,(H,21,22). The van der Waals surface area contributed by atoms with Crippen molar-refractivity contribution >= 4 is 28.9 Å². The Morgan fingerprint density at radius 1 is 1.16 bits per heavy atom. The number of thiazole rings is 1. The highest BCUT2D eigenvalue weighted by Gasteiger charge is 2.17. The van der Waals surface area contributed by atoms with Crippen molar-refractivity contribution in [2.24, 2.45) is 0 Å². The molecule has 25 heavy (non-hydrogen) atoms. The van der Waals surface area contributed by atoms with E-state index in [4.69, 9.17) is 0 Å². The summed E-state index contributed by atoms with van der Waals surface area (Å²) in [4.78, 5) is 33.3. The number of pyridine rings is 1. The normalized spacial score (nSPS) is 10.3. The number of amides is 1. The van der Waals surface area contributed by atoms with Crippen LogP contribution in [0.5, 0.6) is 0 Å². The van der Waals surface area contributed by atoms with Crippen molar-refractivity contribution in [3.63, 3.8) is 0 Å². The summed E-state index contributed by atoms with van der Waals surface area (Å²) < 4.78 is 4.69. The van der Waals surface area contributed by atoms with E-state index in [0.717, 1.165) is 5.69 Å². The van der Waals surface area contributed by atoms with Gasteiger partial charge in [-0.05, 0) is 37.3 Å². The first-order chi connectivity index (χ1) is 12.1. The number of anilines is 1. The third kappa shape index (κ3) is 3.72. The van der Waals surface area contributed by atoms with Crippen LogP contribution in [0.2, 0.25) is 0 Å². The van der Waals surface area contributed by atoms with Gasteiger partial charge in [0.05, 0.1) is 24.1 Å². The predicted molar refractivity (Wildman–Crippen MR) is 95.8 cm³/mol. The van der Waals surface area contributed by atoms with Gasteiger partial charge in [0, 0.05) is 11.9 Å². The molecule has 6 nitrogen and oxygen atoms in total. The van der Waals surface area contributed by atoms with Gasteiger partial charge in [-0.1, -0.05) is 12.1 Å². The predicted octanol–water partition coefficient (Wildman–Crippen LogP) is 3.55. The van der Waals surface area contributed by atoms with Gasteiger partial charge in [0.2, 0.25) is 0 Å². The number of nitrogens with one attached hydrogen (secondary N) is 1. The zero-order valence-electron chi connectivity index (χ0n) is 13.6. The van der Waals surface area contributed by atoms with Gasteiger partial charge in [0.25, 0.3) is 5.91 Å². The number of methoxy groups -OCH3 is 1. The number of aryl methyl sites for hydroxylation is 1. The van der Waals surface area contributed by atoms with E-state index in [1.54, 1.807) is 37.4 Å². The van der Waals surface area contributed by atoms with Crippen LogP contribution >= 0.6 is 11.3 Å². The first-order valence-corrected chi connectivity index (χ1v) is 8.28. The molecule has 0 aliphatic carbocycles. The van der Waals surface area contributed by atoms with Crippen LogP contribution in [0.15, 0.2) is 48.7 Å². The molecule has 0 aliphatic heterocycles. The van der Waals surface area contributed by atoms with E-state index in [-0.39, 0.29) is 5.91 Å². The molecule has 0 radical (unpaired) electrons. The molecule has 0 fully saturated rings. The van der Waals surface area contributed by atoms with Crippen molar-refractivity contribution in [2.75, 3.05) is 12.4 Å². The van der Waals surface area contributed by atoms with E-state index in [1.165, 1.54) is 18.4 Å². The van der Waals surface area contributed by atoms with Gasteiger partial charge >= 0.3 is 5.97 Å². The minimum Gasteiger partial charge on any atom is -0.465 e. The second-order valence-corrected chi connectivity index (χ2v) is 6.17. The maximum Gasteiger partial charge on any atom is 0.337 e. The van der Waals surface area contributed by atoms with Crippen LogP contribution in [0.25, 0.3) is 10.7 Å². The number of carbonyl (C=O) groups is 2. The molecule has 3 aromatic rings. The number of hydrogen-bond acceptors (Lipinski definition) is 6. The Morgan fingerprint density at radius 3 is 2.72 bits per heavy atom. The van der Waals surface area contributed by atoms with Crippen LogP contribution in [0, 0.1) is 6.92 Å². The van der Waals surface area contributed by atoms with Crippen molar-refractivity contribution < 1.29 is 14.3 Å². The second-order valence-electron chi connectivity index (χ2n) is 5.18. The Labute approximate surface area is 148 Å². The average Bonchev–Trinajstić information content (AvgIpc) is 3.04. The summed E-state index contributed by atoms with van der Waals surface area (Å²) in [6.07, 6.45) is 1.68. The molecule has 2 aromatic heterocycles. The monoisotopic (exact) mass is 353 g/mol. The lowest BCUT2D eigenvalue weighted by Crippen LogP contribution is -2.12. The molecule has 126 valence electrons. The molecule has 1 N–H and O–H groups in total. The van der Waals surface area contributed by atoms with Crippen molar-refractivity contribution in [3.8, 4) is 10.7 Å². The maximum absolute atomic E-state index is 12.6. The Bertz CT molecular complexity index is 922. The molecule has 7 heteroatoms. The number of nitrogens with zero attached hydrogens (tertiary/aromatic N) is 2. The number of aromatic nitrogens is 2. The van der Waals surface area contributed by atoms with Gasteiger partial charge < -0.3 is 10.1 Å². The SMILES string of the molecule is COC(=O)c1cccc(NC(=O)c2sc(-c3ccccn3)nc2C)c1. The van der Waals surface area contributed by atoms with Crippen LogP contribution in [0.1, 0.15) is 25.7 Å². The summed E-state index contributed by atoms with van der Waals surface area (Å²) in [5, 5.41) is 3.47. The Morgan fingerprint density at radius 2 is 2.00 bits per heavy atom. The summed E-state index contributed by atoms with van der Waals surface area (Å²) in [7, 11) is 1.31.